The van der Waals surface area contributed by atoms with Crippen LogP contribution in [0.5, 0.6) is 0 Å². The van der Waals surface area contributed by atoms with Crippen LogP contribution in [0.15, 0.2) is 48.5 Å². The zero-order chi connectivity index (χ0) is 19.4. The van der Waals surface area contributed by atoms with Gasteiger partial charge in [-0.3, -0.25) is 19.3 Å². The van der Waals surface area contributed by atoms with E-state index >= 15 is 0 Å². The van der Waals surface area contributed by atoms with E-state index in [-0.39, 0.29) is 6.54 Å². The molecule has 0 aliphatic carbocycles. The fraction of sp³-hybridized carbons (Fsp3) is 0.250. The normalized spacial score (nSPS) is 14.2. The lowest BCUT2D eigenvalue weighted by Gasteiger charge is -2.25. The molecule has 1 unspecified atom stereocenters. The second-order valence-electron chi connectivity index (χ2n) is 6.13. The molecule has 1 aliphatic heterocycles. The molecule has 1 N–H and O–H groups in total. The van der Waals surface area contributed by atoms with Crippen LogP contribution in [-0.2, 0) is 11.3 Å². The Labute approximate surface area is 160 Å². The van der Waals surface area contributed by atoms with Crippen molar-refractivity contribution in [1.82, 2.24) is 10.2 Å². The molecule has 0 aromatic heterocycles. The minimum atomic E-state index is -0.934. The number of hydrogen-bond donors (Lipinski definition) is 1. The molecule has 5 nitrogen and oxygen atoms in total. The van der Waals surface area contributed by atoms with Crippen LogP contribution in [-0.4, -0.2) is 40.7 Å². The minimum Gasteiger partial charge on any atom is -0.350 e. The molecule has 0 bridgehead atoms. The molecule has 2 aromatic rings. The molecule has 140 valence electrons. The van der Waals surface area contributed by atoms with Gasteiger partial charge in [0.25, 0.3) is 11.8 Å². The molecule has 3 amide bonds. The van der Waals surface area contributed by atoms with E-state index in [1.54, 1.807) is 42.5 Å². The van der Waals surface area contributed by atoms with E-state index in [4.69, 9.17) is 0 Å². The van der Waals surface area contributed by atoms with Crippen molar-refractivity contribution >= 4 is 29.5 Å². The van der Waals surface area contributed by atoms with Gasteiger partial charge in [0, 0.05) is 12.1 Å². The number of carbonyl (C=O) groups is 3. The van der Waals surface area contributed by atoms with Crippen molar-refractivity contribution in [3.63, 3.8) is 0 Å². The van der Waals surface area contributed by atoms with Crippen LogP contribution >= 0.6 is 11.8 Å². The molecular weight excluding hydrogens is 367 g/mol. The van der Waals surface area contributed by atoms with Gasteiger partial charge in [0.1, 0.15) is 11.9 Å². The van der Waals surface area contributed by atoms with Crippen LogP contribution in [0.2, 0.25) is 0 Å². The smallest absolute Gasteiger partial charge is 0.262 e. The highest BCUT2D eigenvalue weighted by Crippen LogP contribution is 2.26. The van der Waals surface area contributed by atoms with E-state index in [9.17, 15) is 18.8 Å². The number of nitrogens with zero attached hydrogens (tertiary/aromatic N) is 1. The average molecular weight is 386 g/mol. The number of amides is 3. The quantitative estimate of drug-likeness (QED) is 0.743. The zero-order valence-corrected chi connectivity index (χ0v) is 15.6. The molecular formula is C20H19FN2O3S. The molecule has 0 spiro atoms. The van der Waals surface area contributed by atoms with Gasteiger partial charge >= 0.3 is 0 Å². The number of imide groups is 1. The summed E-state index contributed by atoms with van der Waals surface area (Å²) in [5.74, 6) is -1.22. The SMILES string of the molecule is CSCCC(C(=O)NCc1ccccc1F)N1C(=O)c2ccccc2C1=O. The summed E-state index contributed by atoms with van der Waals surface area (Å²) in [5.41, 5.74) is 0.953. The van der Waals surface area contributed by atoms with Gasteiger partial charge in [-0.25, -0.2) is 4.39 Å². The number of hydrogen-bond acceptors (Lipinski definition) is 4. The Morgan fingerprint density at radius 3 is 2.26 bits per heavy atom. The van der Waals surface area contributed by atoms with Gasteiger partial charge in [0.2, 0.25) is 5.91 Å². The summed E-state index contributed by atoms with van der Waals surface area (Å²) < 4.78 is 13.8. The third kappa shape index (κ3) is 3.88. The predicted molar refractivity (Wildman–Crippen MR) is 102 cm³/mol. The third-order valence-corrected chi connectivity index (χ3v) is 5.09. The Hall–Kier alpha value is -2.67. The topological polar surface area (TPSA) is 66.5 Å². The van der Waals surface area contributed by atoms with E-state index in [1.807, 2.05) is 6.26 Å². The maximum atomic E-state index is 13.8. The van der Waals surface area contributed by atoms with E-state index in [1.165, 1.54) is 17.8 Å². The molecule has 7 heteroatoms. The minimum absolute atomic E-state index is 0.00948. The van der Waals surface area contributed by atoms with Gasteiger partial charge in [-0.1, -0.05) is 30.3 Å². The summed E-state index contributed by atoms with van der Waals surface area (Å²) in [4.78, 5) is 39.2. The highest BCUT2D eigenvalue weighted by molar-refractivity contribution is 7.98. The molecule has 27 heavy (non-hydrogen) atoms. The van der Waals surface area contributed by atoms with Crippen molar-refractivity contribution in [2.45, 2.75) is 19.0 Å². The van der Waals surface area contributed by atoms with Crippen LogP contribution in [0, 0.1) is 5.82 Å². The Balaban J connectivity index is 1.80. The van der Waals surface area contributed by atoms with Crippen molar-refractivity contribution in [1.29, 1.82) is 0 Å². The van der Waals surface area contributed by atoms with Gasteiger partial charge in [-0.15, -0.1) is 0 Å². The second kappa shape index (κ2) is 8.35. The van der Waals surface area contributed by atoms with Gasteiger partial charge < -0.3 is 5.32 Å². The first-order valence-electron chi connectivity index (χ1n) is 8.51. The number of halogens is 1. The average Bonchev–Trinajstić information content (AvgIpc) is 2.93. The number of carbonyl (C=O) groups excluding carboxylic acids is 3. The van der Waals surface area contributed by atoms with E-state index < -0.39 is 29.6 Å². The number of rotatable bonds is 7. The van der Waals surface area contributed by atoms with Crippen molar-refractivity contribution in [2.75, 3.05) is 12.0 Å². The summed E-state index contributed by atoms with van der Waals surface area (Å²) in [5, 5.41) is 2.66. The summed E-state index contributed by atoms with van der Waals surface area (Å²) in [6.07, 6.45) is 2.21. The lowest BCUT2D eigenvalue weighted by Crippen LogP contribution is -2.49. The Bertz CT molecular complexity index is 852. The number of fused-ring (bicyclic) bond motifs is 1. The van der Waals surface area contributed by atoms with Gasteiger partial charge in [0.05, 0.1) is 11.1 Å². The van der Waals surface area contributed by atoms with Crippen LogP contribution in [0.4, 0.5) is 4.39 Å². The van der Waals surface area contributed by atoms with Crippen molar-refractivity contribution in [2.24, 2.45) is 0 Å². The monoisotopic (exact) mass is 386 g/mol. The van der Waals surface area contributed by atoms with Gasteiger partial charge in [0.15, 0.2) is 0 Å². The highest BCUT2D eigenvalue weighted by atomic mass is 32.2. The first-order valence-corrected chi connectivity index (χ1v) is 9.91. The van der Waals surface area contributed by atoms with Gasteiger partial charge in [-0.2, -0.15) is 11.8 Å². The molecule has 3 rings (SSSR count). The number of benzene rings is 2. The Kier molecular flexibility index (Phi) is 5.91. The lowest BCUT2D eigenvalue weighted by molar-refractivity contribution is -0.125. The van der Waals surface area contributed by atoms with Crippen molar-refractivity contribution in [3.05, 3.63) is 71.0 Å². The molecule has 0 saturated heterocycles. The molecule has 1 heterocycles. The maximum Gasteiger partial charge on any atom is 0.262 e. The summed E-state index contributed by atoms with van der Waals surface area (Å²) in [6, 6.07) is 11.7. The fourth-order valence-corrected chi connectivity index (χ4v) is 3.50. The van der Waals surface area contributed by atoms with Crippen molar-refractivity contribution < 1.29 is 18.8 Å². The van der Waals surface area contributed by atoms with E-state index in [0.29, 0.717) is 28.9 Å². The zero-order valence-electron chi connectivity index (χ0n) is 14.8. The Morgan fingerprint density at radius 1 is 1.07 bits per heavy atom. The fourth-order valence-electron chi connectivity index (χ4n) is 3.04. The van der Waals surface area contributed by atoms with E-state index in [2.05, 4.69) is 5.32 Å². The van der Waals surface area contributed by atoms with Gasteiger partial charge in [-0.05, 0) is 36.6 Å². The molecule has 0 fully saturated rings. The molecule has 2 aromatic carbocycles. The largest absolute Gasteiger partial charge is 0.350 e. The second-order valence-corrected chi connectivity index (χ2v) is 7.12. The van der Waals surface area contributed by atoms with Crippen LogP contribution in [0.3, 0.4) is 0 Å². The lowest BCUT2D eigenvalue weighted by atomic mass is 10.1. The summed E-state index contributed by atoms with van der Waals surface area (Å²) in [6.45, 7) is -0.00948. The van der Waals surface area contributed by atoms with Crippen LogP contribution < -0.4 is 5.32 Å². The first-order chi connectivity index (χ1) is 13.0. The Morgan fingerprint density at radius 2 is 1.67 bits per heavy atom. The van der Waals surface area contributed by atoms with Crippen LogP contribution in [0.1, 0.15) is 32.7 Å². The molecule has 0 radical (unpaired) electrons. The van der Waals surface area contributed by atoms with Crippen LogP contribution in [0.25, 0.3) is 0 Å². The molecule has 1 aliphatic rings. The standard InChI is InChI=1S/C20H19FN2O3S/c1-27-11-10-17(18(24)22-12-13-6-2-5-9-16(13)21)23-19(25)14-7-3-4-8-15(14)20(23)26/h2-9,17H,10-12H2,1H3,(H,22,24). The number of nitrogens with one attached hydrogen (secondary N) is 1. The highest BCUT2D eigenvalue weighted by Gasteiger charge is 2.42. The predicted octanol–water partition coefficient (Wildman–Crippen LogP) is 2.86. The first kappa shape index (κ1) is 19.1. The summed E-state index contributed by atoms with van der Waals surface area (Å²) >= 11 is 1.52. The third-order valence-electron chi connectivity index (χ3n) is 4.45. The molecule has 1 atom stereocenters. The van der Waals surface area contributed by atoms with Crippen molar-refractivity contribution in [3.8, 4) is 0 Å². The number of thioether (sulfide) groups is 1. The maximum absolute atomic E-state index is 13.8. The summed E-state index contributed by atoms with van der Waals surface area (Å²) in [7, 11) is 0. The van der Waals surface area contributed by atoms with E-state index in [0.717, 1.165) is 4.90 Å². The molecule has 0 saturated carbocycles.